The Labute approximate surface area is 162 Å². The Hall–Kier alpha value is -3.54. The van der Waals surface area contributed by atoms with E-state index in [0.717, 1.165) is 5.75 Å². The van der Waals surface area contributed by atoms with E-state index >= 15 is 0 Å². The molecule has 2 heterocycles. The number of benzene rings is 2. The smallest absolute Gasteiger partial charge is 0.229 e. The van der Waals surface area contributed by atoms with Gasteiger partial charge in [0.25, 0.3) is 0 Å². The fourth-order valence-electron chi connectivity index (χ4n) is 3.17. The Kier molecular flexibility index (Phi) is 5.10. The monoisotopic (exact) mass is 376 g/mol. The van der Waals surface area contributed by atoms with Crippen LogP contribution >= 0.6 is 0 Å². The molecular formula is C22H20N2O4. The van der Waals surface area contributed by atoms with Crippen molar-refractivity contribution in [2.75, 3.05) is 11.9 Å². The van der Waals surface area contributed by atoms with E-state index in [-0.39, 0.29) is 24.2 Å². The Morgan fingerprint density at radius 3 is 2.50 bits per heavy atom. The standard InChI is InChI=1S/C22H20N2O4/c25-21-13-16(14-24(21)15-20-7-4-12-27-20)22(26)23-17-8-10-19(11-9-17)28-18-5-2-1-3-6-18/h1-12,16H,13-15H2,(H,23,26)/t16-/m0/s1. The summed E-state index contributed by atoms with van der Waals surface area (Å²) in [5.74, 6) is 1.58. The summed E-state index contributed by atoms with van der Waals surface area (Å²) >= 11 is 0. The van der Waals surface area contributed by atoms with Crippen molar-refractivity contribution in [3.05, 3.63) is 78.8 Å². The van der Waals surface area contributed by atoms with Crippen LogP contribution in [0.3, 0.4) is 0 Å². The molecule has 6 heteroatoms. The summed E-state index contributed by atoms with van der Waals surface area (Å²) < 4.78 is 11.0. The quantitative estimate of drug-likeness (QED) is 0.704. The fourth-order valence-corrected chi connectivity index (χ4v) is 3.17. The highest BCUT2D eigenvalue weighted by Crippen LogP contribution is 2.25. The van der Waals surface area contributed by atoms with Crippen LogP contribution in [0.4, 0.5) is 5.69 Å². The molecule has 0 spiro atoms. The third kappa shape index (κ3) is 4.23. The largest absolute Gasteiger partial charge is 0.467 e. The molecular weight excluding hydrogens is 356 g/mol. The number of nitrogens with one attached hydrogen (secondary N) is 1. The maximum atomic E-state index is 12.5. The lowest BCUT2D eigenvalue weighted by Gasteiger charge is -2.15. The normalized spacial score (nSPS) is 16.2. The molecule has 2 aromatic carbocycles. The molecule has 0 unspecified atom stereocenters. The molecule has 0 aliphatic carbocycles. The van der Waals surface area contributed by atoms with Crippen molar-refractivity contribution >= 4 is 17.5 Å². The van der Waals surface area contributed by atoms with Gasteiger partial charge in [0, 0.05) is 18.7 Å². The number of likely N-dealkylation sites (tertiary alicyclic amines) is 1. The van der Waals surface area contributed by atoms with E-state index in [2.05, 4.69) is 5.32 Å². The van der Waals surface area contributed by atoms with Gasteiger partial charge in [0.2, 0.25) is 11.8 Å². The summed E-state index contributed by atoms with van der Waals surface area (Å²) in [6.07, 6.45) is 1.78. The van der Waals surface area contributed by atoms with E-state index in [1.165, 1.54) is 0 Å². The number of rotatable bonds is 6. The van der Waals surface area contributed by atoms with Gasteiger partial charge in [-0.15, -0.1) is 0 Å². The number of hydrogen-bond acceptors (Lipinski definition) is 4. The van der Waals surface area contributed by atoms with Gasteiger partial charge in [0.15, 0.2) is 0 Å². The summed E-state index contributed by atoms with van der Waals surface area (Å²) in [4.78, 5) is 26.4. The molecule has 1 aromatic heterocycles. The van der Waals surface area contributed by atoms with E-state index in [1.807, 2.05) is 36.4 Å². The first-order valence-corrected chi connectivity index (χ1v) is 9.11. The topological polar surface area (TPSA) is 71.8 Å². The van der Waals surface area contributed by atoms with E-state index in [0.29, 0.717) is 30.3 Å². The summed E-state index contributed by atoms with van der Waals surface area (Å²) in [5.41, 5.74) is 0.669. The number of hydrogen-bond donors (Lipinski definition) is 1. The Morgan fingerprint density at radius 2 is 1.79 bits per heavy atom. The maximum absolute atomic E-state index is 12.5. The average molecular weight is 376 g/mol. The van der Waals surface area contributed by atoms with Crippen molar-refractivity contribution in [3.63, 3.8) is 0 Å². The van der Waals surface area contributed by atoms with Gasteiger partial charge < -0.3 is 19.4 Å². The molecule has 4 rings (SSSR count). The molecule has 1 N–H and O–H groups in total. The molecule has 142 valence electrons. The van der Waals surface area contributed by atoms with Gasteiger partial charge in [-0.2, -0.15) is 0 Å². The number of ether oxygens (including phenoxy) is 1. The van der Waals surface area contributed by atoms with E-state index in [9.17, 15) is 9.59 Å². The summed E-state index contributed by atoms with van der Waals surface area (Å²) in [6, 6.07) is 20.3. The first kappa shape index (κ1) is 17.9. The summed E-state index contributed by atoms with van der Waals surface area (Å²) in [5, 5.41) is 2.88. The zero-order valence-corrected chi connectivity index (χ0v) is 15.2. The van der Waals surface area contributed by atoms with E-state index < -0.39 is 0 Å². The maximum Gasteiger partial charge on any atom is 0.229 e. The first-order chi connectivity index (χ1) is 13.7. The number of carbonyl (C=O) groups excluding carboxylic acids is 2. The number of amides is 2. The minimum Gasteiger partial charge on any atom is -0.467 e. The predicted molar refractivity (Wildman–Crippen MR) is 104 cm³/mol. The third-order valence-electron chi connectivity index (χ3n) is 4.61. The van der Waals surface area contributed by atoms with Crippen molar-refractivity contribution in [1.82, 2.24) is 4.90 Å². The second-order valence-corrected chi connectivity index (χ2v) is 6.68. The van der Waals surface area contributed by atoms with Crippen LogP contribution in [0.5, 0.6) is 11.5 Å². The van der Waals surface area contributed by atoms with Crippen molar-refractivity contribution in [3.8, 4) is 11.5 Å². The number of para-hydroxylation sites is 1. The molecule has 1 aliphatic heterocycles. The molecule has 0 saturated carbocycles. The van der Waals surface area contributed by atoms with Crippen LogP contribution in [0.25, 0.3) is 0 Å². The third-order valence-corrected chi connectivity index (χ3v) is 4.61. The minimum atomic E-state index is -0.372. The second kappa shape index (κ2) is 8.00. The zero-order valence-electron chi connectivity index (χ0n) is 15.2. The molecule has 1 fully saturated rings. The molecule has 3 aromatic rings. The van der Waals surface area contributed by atoms with Gasteiger partial charge in [0.05, 0.1) is 18.7 Å². The number of carbonyl (C=O) groups is 2. The molecule has 1 aliphatic rings. The highest BCUT2D eigenvalue weighted by Gasteiger charge is 2.34. The summed E-state index contributed by atoms with van der Waals surface area (Å²) in [6.45, 7) is 0.779. The van der Waals surface area contributed by atoms with Crippen molar-refractivity contribution in [1.29, 1.82) is 0 Å². The van der Waals surface area contributed by atoms with Gasteiger partial charge in [-0.25, -0.2) is 0 Å². The molecule has 0 radical (unpaired) electrons. The van der Waals surface area contributed by atoms with Crippen molar-refractivity contribution in [2.45, 2.75) is 13.0 Å². The van der Waals surface area contributed by atoms with Gasteiger partial charge >= 0.3 is 0 Å². The highest BCUT2D eigenvalue weighted by atomic mass is 16.5. The molecule has 2 amide bonds. The predicted octanol–water partition coefficient (Wildman–Crippen LogP) is 4.06. The van der Waals surface area contributed by atoms with Crippen LogP contribution in [0, 0.1) is 5.92 Å². The van der Waals surface area contributed by atoms with Crippen LogP contribution < -0.4 is 10.1 Å². The van der Waals surface area contributed by atoms with Crippen molar-refractivity contribution < 1.29 is 18.7 Å². The minimum absolute atomic E-state index is 0.0387. The second-order valence-electron chi connectivity index (χ2n) is 6.68. The van der Waals surface area contributed by atoms with Gasteiger partial charge in [-0.05, 0) is 48.5 Å². The van der Waals surface area contributed by atoms with Crippen LogP contribution in [0.15, 0.2) is 77.4 Å². The van der Waals surface area contributed by atoms with E-state index in [1.54, 1.807) is 41.5 Å². The number of nitrogens with zero attached hydrogens (tertiary/aromatic N) is 1. The highest BCUT2D eigenvalue weighted by molar-refractivity contribution is 5.97. The van der Waals surface area contributed by atoms with Gasteiger partial charge in [-0.1, -0.05) is 18.2 Å². The van der Waals surface area contributed by atoms with E-state index in [4.69, 9.17) is 9.15 Å². The van der Waals surface area contributed by atoms with Crippen LogP contribution in [-0.2, 0) is 16.1 Å². The van der Waals surface area contributed by atoms with Gasteiger partial charge in [0.1, 0.15) is 17.3 Å². The van der Waals surface area contributed by atoms with Crippen LogP contribution in [0.2, 0.25) is 0 Å². The molecule has 1 atom stereocenters. The molecule has 6 nitrogen and oxygen atoms in total. The average Bonchev–Trinajstić information content (AvgIpc) is 3.35. The lowest BCUT2D eigenvalue weighted by Crippen LogP contribution is -2.27. The Morgan fingerprint density at radius 1 is 1.04 bits per heavy atom. The zero-order chi connectivity index (χ0) is 19.3. The molecule has 1 saturated heterocycles. The Bertz CT molecular complexity index is 936. The SMILES string of the molecule is O=C(Nc1ccc(Oc2ccccc2)cc1)[C@H]1CC(=O)N(Cc2ccco2)C1. The van der Waals surface area contributed by atoms with Crippen molar-refractivity contribution in [2.24, 2.45) is 5.92 Å². The number of anilines is 1. The van der Waals surface area contributed by atoms with Crippen LogP contribution in [-0.4, -0.2) is 23.3 Å². The first-order valence-electron chi connectivity index (χ1n) is 9.11. The molecule has 0 bridgehead atoms. The fraction of sp³-hybridized carbons (Fsp3) is 0.182. The Balaban J connectivity index is 1.33. The lowest BCUT2D eigenvalue weighted by atomic mass is 10.1. The lowest BCUT2D eigenvalue weighted by molar-refractivity contribution is -0.128. The summed E-state index contributed by atoms with van der Waals surface area (Å²) in [7, 11) is 0. The number of furan rings is 1. The van der Waals surface area contributed by atoms with Gasteiger partial charge in [-0.3, -0.25) is 9.59 Å². The molecule has 28 heavy (non-hydrogen) atoms. The van der Waals surface area contributed by atoms with Crippen LogP contribution in [0.1, 0.15) is 12.2 Å².